The van der Waals surface area contributed by atoms with E-state index in [0.29, 0.717) is 0 Å². The SMILES string of the molecule is COC(=O)CSC(=O)N(C)c1cccc2ccccc12. The van der Waals surface area contributed by atoms with E-state index in [-0.39, 0.29) is 11.0 Å². The van der Waals surface area contributed by atoms with Crippen LogP contribution in [0.3, 0.4) is 0 Å². The van der Waals surface area contributed by atoms with Crippen LogP contribution in [0.25, 0.3) is 10.8 Å². The Bertz CT molecular complexity index is 637. The Hall–Kier alpha value is -2.01. The van der Waals surface area contributed by atoms with Gasteiger partial charge in [-0.05, 0) is 11.5 Å². The first-order chi connectivity index (χ1) is 9.63. The van der Waals surface area contributed by atoms with E-state index in [1.54, 1.807) is 11.9 Å². The number of hydrogen-bond donors (Lipinski definition) is 0. The van der Waals surface area contributed by atoms with Crippen molar-refractivity contribution in [2.75, 3.05) is 24.8 Å². The van der Waals surface area contributed by atoms with Gasteiger partial charge < -0.3 is 9.64 Å². The number of amides is 1. The molecular formula is C15H15NO3S. The highest BCUT2D eigenvalue weighted by molar-refractivity contribution is 8.14. The normalized spacial score (nSPS) is 10.3. The Kier molecular flexibility index (Phi) is 4.63. The molecule has 4 nitrogen and oxygen atoms in total. The van der Waals surface area contributed by atoms with Crippen LogP contribution in [0.2, 0.25) is 0 Å². The van der Waals surface area contributed by atoms with Crippen molar-refractivity contribution in [3.8, 4) is 0 Å². The minimum Gasteiger partial charge on any atom is -0.468 e. The molecule has 0 aliphatic rings. The third-order valence-electron chi connectivity index (χ3n) is 2.94. The molecule has 2 aromatic carbocycles. The van der Waals surface area contributed by atoms with Gasteiger partial charge in [-0.3, -0.25) is 9.59 Å². The number of carbonyl (C=O) groups is 2. The van der Waals surface area contributed by atoms with Crippen molar-refractivity contribution >= 4 is 39.4 Å². The van der Waals surface area contributed by atoms with E-state index in [1.807, 2.05) is 42.5 Å². The molecule has 0 bridgehead atoms. The summed E-state index contributed by atoms with van der Waals surface area (Å²) < 4.78 is 4.53. The molecule has 2 aromatic rings. The summed E-state index contributed by atoms with van der Waals surface area (Å²) in [6, 6.07) is 13.7. The van der Waals surface area contributed by atoms with Crippen molar-refractivity contribution in [1.82, 2.24) is 0 Å². The van der Waals surface area contributed by atoms with Crippen LogP contribution in [0.4, 0.5) is 10.5 Å². The van der Waals surface area contributed by atoms with Gasteiger partial charge in [-0.1, -0.05) is 48.2 Å². The molecule has 0 N–H and O–H groups in total. The van der Waals surface area contributed by atoms with E-state index < -0.39 is 5.97 Å². The molecule has 0 heterocycles. The summed E-state index contributed by atoms with van der Waals surface area (Å²) in [6.07, 6.45) is 0. The largest absolute Gasteiger partial charge is 0.468 e. The lowest BCUT2D eigenvalue weighted by atomic mass is 10.1. The lowest BCUT2D eigenvalue weighted by Gasteiger charge is -2.18. The van der Waals surface area contributed by atoms with Crippen LogP contribution in [0.1, 0.15) is 0 Å². The number of hydrogen-bond acceptors (Lipinski definition) is 4. The van der Waals surface area contributed by atoms with Crippen molar-refractivity contribution in [1.29, 1.82) is 0 Å². The summed E-state index contributed by atoms with van der Waals surface area (Å²) in [6.45, 7) is 0. The van der Waals surface area contributed by atoms with E-state index in [0.717, 1.165) is 28.2 Å². The quantitative estimate of drug-likeness (QED) is 0.813. The molecule has 1 amide bonds. The van der Waals surface area contributed by atoms with Gasteiger partial charge in [-0.2, -0.15) is 0 Å². The minimum atomic E-state index is -0.408. The van der Waals surface area contributed by atoms with Crippen LogP contribution in [0.15, 0.2) is 42.5 Å². The third kappa shape index (κ3) is 3.11. The number of ether oxygens (including phenoxy) is 1. The number of esters is 1. The molecule has 0 radical (unpaired) electrons. The zero-order chi connectivity index (χ0) is 14.5. The topological polar surface area (TPSA) is 46.6 Å². The second-order valence-electron chi connectivity index (χ2n) is 4.19. The van der Waals surface area contributed by atoms with Crippen LogP contribution >= 0.6 is 11.8 Å². The van der Waals surface area contributed by atoms with Gasteiger partial charge >= 0.3 is 5.97 Å². The maximum atomic E-state index is 12.1. The van der Waals surface area contributed by atoms with Crippen molar-refractivity contribution in [3.63, 3.8) is 0 Å². The second-order valence-corrected chi connectivity index (χ2v) is 5.11. The molecule has 0 unspecified atom stereocenters. The number of methoxy groups -OCH3 is 1. The Morgan fingerprint density at radius 1 is 1.15 bits per heavy atom. The lowest BCUT2D eigenvalue weighted by molar-refractivity contribution is -0.137. The number of thioether (sulfide) groups is 1. The number of rotatable bonds is 3. The first kappa shape index (κ1) is 14.4. The first-order valence-electron chi connectivity index (χ1n) is 6.08. The molecule has 0 atom stereocenters. The van der Waals surface area contributed by atoms with E-state index in [1.165, 1.54) is 7.11 Å². The van der Waals surface area contributed by atoms with E-state index in [9.17, 15) is 9.59 Å². The average Bonchev–Trinajstić information content (AvgIpc) is 2.50. The zero-order valence-electron chi connectivity index (χ0n) is 11.3. The van der Waals surface area contributed by atoms with Gasteiger partial charge in [-0.25, -0.2) is 0 Å². The predicted molar refractivity (Wildman–Crippen MR) is 82.2 cm³/mol. The molecule has 0 saturated carbocycles. The summed E-state index contributed by atoms with van der Waals surface area (Å²) in [5.41, 5.74) is 0.825. The molecule has 20 heavy (non-hydrogen) atoms. The van der Waals surface area contributed by atoms with Gasteiger partial charge in [0.2, 0.25) is 0 Å². The second kappa shape index (κ2) is 6.43. The van der Waals surface area contributed by atoms with Gasteiger partial charge in [0.25, 0.3) is 5.24 Å². The third-order valence-corrected chi connectivity index (χ3v) is 3.84. The fraction of sp³-hybridized carbons (Fsp3) is 0.200. The summed E-state index contributed by atoms with van der Waals surface area (Å²) in [5.74, 6) is -0.389. The fourth-order valence-corrected chi connectivity index (χ4v) is 2.53. The van der Waals surface area contributed by atoms with Crippen molar-refractivity contribution < 1.29 is 14.3 Å². The molecular weight excluding hydrogens is 274 g/mol. The molecule has 0 aromatic heterocycles. The number of anilines is 1. The predicted octanol–water partition coefficient (Wildman–Crippen LogP) is 3.30. The molecule has 2 rings (SSSR count). The summed E-state index contributed by atoms with van der Waals surface area (Å²) >= 11 is 0.933. The molecule has 0 saturated heterocycles. The van der Waals surface area contributed by atoms with Crippen LogP contribution in [0.5, 0.6) is 0 Å². The number of carbonyl (C=O) groups excluding carboxylic acids is 2. The highest BCUT2D eigenvalue weighted by Crippen LogP contribution is 2.27. The maximum absolute atomic E-state index is 12.1. The molecule has 0 aliphatic heterocycles. The molecule has 0 aliphatic carbocycles. The minimum absolute atomic E-state index is 0.0183. The monoisotopic (exact) mass is 289 g/mol. The molecule has 0 spiro atoms. The Labute approximate surface area is 121 Å². The highest BCUT2D eigenvalue weighted by atomic mass is 32.2. The van der Waals surface area contributed by atoms with Gasteiger partial charge in [0.15, 0.2) is 0 Å². The number of nitrogens with zero attached hydrogens (tertiary/aromatic N) is 1. The van der Waals surface area contributed by atoms with Gasteiger partial charge in [0.05, 0.1) is 12.8 Å². The van der Waals surface area contributed by atoms with Crippen LogP contribution in [0, 0.1) is 0 Å². The summed E-state index contributed by atoms with van der Waals surface area (Å²) in [7, 11) is 3.01. The van der Waals surface area contributed by atoms with Crippen LogP contribution in [-0.2, 0) is 9.53 Å². The summed E-state index contributed by atoms with van der Waals surface area (Å²) in [5, 5.41) is 1.89. The average molecular weight is 289 g/mol. The Balaban J connectivity index is 2.20. The zero-order valence-corrected chi connectivity index (χ0v) is 12.1. The highest BCUT2D eigenvalue weighted by Gasteiger charge is 2.15. The maximum Gasteiger partial charge on any atom is 0.316 e. The van der Waals surface area contributed by atoms with E-state index >= 15 is 0 Å². The van der Waals surface area contributed by atoms with Crippen molar-refractivity contribution in [3.05, 3.63) is 42.5 Å². The van der Waals surface area contributed by atoms with Crippen molar-refractivity contribution in [2.45, 2.75) is 0 Å². The fourth-order valence-electron chi connectivity index (χ4n) is 1.88. The molecule has 5 heteroatoms. The Morgan fingerprint density at radius 3 is 2.60 bits per heavy atom. The van der Waals surface area contributed by atoms with Gasteiger partial charge in [0, 0.05) is 12.4 Å². The van der Waals surface area contributed by atoms with Gasteiger partial charge in [0.1, 0.15) is 5.75 Å². The molecule has 0 fully saturated rings. The first-order valence-corrected chi connectivity index (χ1v) is 7.07. The standard InChI is InChI=1S/C15H15NO3S/c1-16(15(18)20-10-14(17)19-2)13-9-5-7-11-6-3-4-8-12(11)13/h3-9H,10H2,1-2H3. The van der Waals surface area contributed by atoms with Crippen LogP contribution < -0.4 is 4.90 Å². The number of fused-ring (bicyclic) bond motifs is 1. The van der Waals surface area contributed by atoms with E-state index in [2.05, 4.69) is 4.74 Å². The smallest absolute Gasteiger partial charge is 0.316 e. The van der Waals surface area contributed by atoms with E-state index in [4.69, 9.17) is 0 Å². The number of benzene rings is 2. The van der Waals surface area contributed by atoms with Gasteiger partial charge in [-0.15, -0.1) is 0 Å². The Morgan fingerprint density at radius 2 is 1.85 bits per heavy atom. The van der Waals surface area contributed by atoms with Crippen molar-refractivity contribution in [2.24, 2.45) is 0 Å². The lowest BCUT2D eigenvalue weighted by Crippen LogP contribution is -2.23. The molecule has 104 valence electrons. The summed E-state index contributed by atoms with van der Waals surface area (Å²) in [4.78, 5) is 24.7. The van der Waals surface area contributed by atoms with Crippen LogP contribution in [-0.4, -0.2) is 31.1 Å².